The molecule has 1 heterocycles. The van der Waals surface area contributed by atoms with Crippen LogP contribution in [0.15, 0.2) is 17.1 Å². The fourth-order valence-corrected chi connectivity index (χ4v) is 0.819. The molecule has 0 aromatic carbocycles. The SMILES string of the molecule is Cc1cc(=O)[nH]cc1C(F)F. The van der Waals surface area contributed by atoms with Crippen LogP contribution in [0.4, 0.5) is 8.78 Å². The molecule has 1 N–H and O–H groups in total. The third-order valence-electron chi connectivity index (χ3n) is 1.41. The minimum atomic E-state index is -2.52. The molecular formula is C7H7F2NO. The molecule has 0 saturated heterocycles. The van der Waals surface area contributed by atoms with E-state index in [0.29, 0.717) is 5.56 Å². The van der Waals surface area contributed by atoms with E-state index in [9.17, 15) is 13.6 Å². The van der Waals surface area contributed by atoms with Crippen LogP contribution in [-0.4, -0.2) is 4.98 Å². The lowest BCUT2D eigenvalue weighted by atomic mass is 10.2. The van der Waals surface area contributed by atoms with Gasteiger partial charge in [-0.15, -0.1) is 0 Å². The third-order valence-corrected chi connectivity index (χ3v) is 1.41. The second kappa shape index (κ2) is 2.82. The standard InChI is InChI=1S/C7H7F2NO/c1-4-2-6(11)10-3-5(4)7(8)9/h2-3,7H,1H3,(H,10,11). The number of halogens is 2. The highest BCUT2D eigenvalue weighted by Crippen LogP contribution is 2.19. The van der Waals surface area contributed by atoms with E-state index in [-0.39, 0.29) is 11.1 Å². The van der Waals surface area contributed by atoms with E-state index in [1.54, 1.807) is 0 Å². The third kappa shape index (κ3) is 1.63. The van der Waals surface area contributed by atoms with Crippen molar-refractivity contribution in [2.75, 3.05) is 0 Å². The number of aryl methyl sites for hydroxylation is 1. The first kappa shape index (κ1) is 7.91. The van der Waals surface area contributed by atoms with E-state index >= 15 is 0 Å². The van der Waals surface area contributed by atoms with Crippen LogP contribution < -0.4 is 5.56 Å². The Bertz CT molecular complexity index is 306. The first-order valence-corrected chi connectivity index (χ1v) is 3.08. The van der Waals surface area contributed by atoms with Crippen LogP contribution in [0.3, 0.4) is 0 Å². The molecule has 0 fully saturated rings. The summed E-state index contributed by atoms with van der Waals surface area (Å²) in [5.74, 6) is 0. The van der Waals surface area contributed by atoms with Gasteiger partial charge in [0.1, 0.15) is 0 Å². The lowest BCUT2D eigenvalue weighted by Crippen LogP contribution is -2.06. The average Bonchev–Trinajstić information content (AvgIpc) is 1.85. The van der Waals surface area contributed by atoms with Gasteiger partial charge in [-0.3, -0.25) is 4.79 Å². The summed E-state index contributed by atoms with van der Waals surface area (Å²) in [4.78, 5) is 12.8. The molecule has 0 aliphatic carbocycles. The number of H-pyrrole nitrogens is 1. The minimum Gasteiger partial charge on any atom is -0.329 e. The highest BCUT2D eigenvalue weighted by molar-refractivity contribution is 5.22. The van der Waals surface area contributed by atoms with Crippen molar-refractivity contribution >= 4 is 0 Å². The highest BCUT2D eigenvalue weighted by atomic mass is 19.3. The minimum absolute atomic E-state index is 0.121. The van der Waals surface area contributed by atoms with Crippen LogP contribution in [0.5, 0.6) is 0 Å². The highest BCUT2D eigenvalue weighted by Gasteiger charge is 2.09. The molecule has 0 radical (unpaired) electrons. The Morgan fingerprint density at radius 3 is 2.64 bits per heavy atom. The average molecular weight is 159 g/mol. The molecule has 0 unspecified atom stereocenters. The molecule has 1 aromatic rings. The molecule has 0 aliphatic heterocycles. The lowest BCUT2D eigenvalue weighted by Gasteiger charge is -2.01. The zero-order chi connectivity index (χ0) is 8.43. The summed E-state index contributed by atoms with van der Waals surface area (Å²) in [6.45, 7) is 1.48. The van der Waals surface area contributed by atoms with Gasteiger partial charge in [0.15, 0.2) is 0 Å². The molecule has 0 atom stereocenters. The Labute approximate surface area is 61.9 Å². The molecule has 0 amide bonds. The van der Waals surface area contributed by atoms with E-state index in [1.807, 2.05) is 0 Å². The zero-order valence-electron chi connectivity index (χ0n) is 5.90. The van der Waals surface area contributed by atoms with Gasteiger partial charge in [-0.05, 0) is 12.5 Å². The van der Waals surface area contributed by atoms with Crippen LogP contribution in [0.2, 0.25) is 0 Å². The molecule has 4 heteroatoms. The van der Waals surface area contributed by atoms with Crippen LogP contribution in [0.1, 0.15) is 17.6 Å². The molecule has 0 bridgehead atoms. The predicted molar refractivity (Wildman–Crippen MR) is 36.8 cm³/mol. The van der Waals surface area contributed by atoms with Crippen molar-refractivity contribution in [1.82, 2.24) is 4.98 Å². The van der Waals surface area contributed by atoms with Crippen LogP contribution in [0.25, 0.3) is 0 Å². The molecule has 1 aromatic heterocycles. The Morgan fingerprint density at radius 1 is 1.55 bits per heavy atom. The number of aromatic nitrogens is 1. The maximum absolute atomic E-state index is 12.0. The fraction of sp³-hybridized carbons (Fsp3) is 0.286. The summed E-state index contributed by atoms with van der Waals surface area (Å²) < 4.78 is 24.1. The Kier molecular flexibility index (Phi) is 2.03. The van der Waals surface area contributed by atoms with Crippen molar-refractivity contribution in [3.63, 3.8) is 0 Å². The van der Waals surface area contributed by atoms with Gasteiger partial charge in [0.05, 0.1) is 0 Å². The second-order valence-corrected chi connectivity index (χ2v) is 2.24. The maximum atomic E-state index is 12.0. The smallest absolute Gasteiger partial charge is 0.265 e. The molecule has 1 rings (SSSR count). The Balaban J connectivity index is 3.20. The second-order valence-electron chi connectivity index (χ2n) is 2.24. The summed E-state index contributed by atoms with van der Waals surface area (Å²) in [5.41, 5.74) is -0.153. The van der Waals surface area contributed by atoms with E-state index in [1.165, 1.54) is 6.92 Å². The van der Waals surface area contributed by atoms with E-state index in [4.69, 9.17) is 0 Å². The molecular weight excluding hydrogens is 152 g/mol. The first-order valence-electron chi connectivity index (χ1n) is 3.08. The van der Waals surface area contributed by atoms with Crippen LogP contribution in [0, 0.1) is 6.92 Å². The molecule has 0 saturated carbocycles. The summed E-state index contributed by atoms with van der Waals surface area (Å²) >= 11 is 0. The van der Waals surface area contributed by atoms with Gasteiger partial charge in [-0.25, -0.2) is 8.78 Å². The number of alkyl halides is 2. The summed E-state index contributed by atoms with van der Waals surface area (Å²) in [5, 5.41) is 0. The normalized spacial score (nSPS) is 10.5. The summed E-state index contributed by atoms with van der Waals surface area (Å²) in [7, 11) is 0. The number of hydrogen-bond acceptors (Lipinski definition) is 1. The van der Waals surface area contributed by atoms with Gasteiger partial charge in [0.2, 0.25) is 5.56 Å². The molecule has 0 spiro atoms. The van der Waals surface area contributed by atoms with Gasteiger partial charge < -0.3 is 4.98 Å². The molecule has 60 valence electrons. The van der Waals surface area contributed by atoms with Gasteiger partial charge in [-0.2, -0.15) is 0 Å². The molecule has 11 heavy (non-hydrogen) atoms. The van der Waals surface area contributed by atoms with Gasteiger partial charge in [0.25, 0.3) is 6.43 Å². The van der Waals surface area contributed by atoms with Crippen molar-refractivity contribution in [3.05, 3.63) is 33.7 Å². The number of nitrogens with one attached hydrogen (secondary N) is 1. The largest absolute Gasteiger partial charge is 0.329 e. The van der Waals surface area contributed by atoms with Gasteiger partial charge in [-0.1, -0.05) is 0 Å². The van der Waals surface area contributed by atoms with E-state index in [2.05, 4.69) is 4.98 Å². The topological polar surface area (TPSA) is 32.9 Å². The van der Waals surface area contributed by atoms with Crippen LogP contribution in [-0.2, 0) is 0 Å². The van der Waals surface area contributed by atoms with Crippen molar-refractivity contribution in [2.45, 2.75) is 13.3 Å². The molecule has 0 aliphatic rings. The summed E-state index contributed by atoms with van der Waals surface area (Å²) in [6.07, 6.45) is -1.48. The zero-order valence-corrected chi connectivity index (χ0v) is 5.90. The van der Waals surface area contributed by atoms with Crippen LogP contribution >= 0.6 is 0 Å². The Hall–Kier alpha value is -1.19. The van der Waals surface area contributed by atoms with Crippen molar-refractivity contribution < 1.29 is 8.78 Å². The lowest BCUT2D eigenvalue weighted by molar-refractivity contribution is 0.150. The Morgan fingerprint density at radius 2 is 2.18 bits per heavy atom. The van der Waals surface area contributed by atoms with Gasteiger partial charge in [0, 0.05) is 17.8 Å². The van der Waals surface area contributed by atoms with Crippen molar-refractivity contribution in [1.29, 1.82) is 0 Å². The summed E-state index contributed by atoms with van der Waals surface area (Å²) in [6, 6.07) is 1.15. The van der Waals surface area contributed by atoms with Gasteiger partial charge >= 0.3 is 0 Å². The van der Waals surface area contributed by atoms with Crippen molar-refractivity contribution in [3.8, 4) is 0 Å². The monoisotopic (exact) mass is 159 g/mol. The number of pyridine rings is 1. The predicted octanol–water partition coefficient (Wildman–Crippen LogP) is 1.62. The quantitative estimate of drug-likeness (QED) is 0.663. The first-order chi connectivity index (χ1) is 5.11. The number of aromatic amines is 1. The number of hydrogen-bond donors (Lipinski definition) is 1. The fourth-order valence-electron chi connectivity index (χ4n) is 0.819. The molecule has 2 nitrogen and oxygen atoms in total. The maximum Gasteiger partial charge on any atom is 0.265 e. The van der Waals surface area contributed by atoms with Crippen molar-refractivity contribution in [2.24, 2.45) is 0 Å². The number of rotatable bonds is 1. The van der Waals surface area contributed by atoms with E-state index < -0.39 is 6.43 Å². The van der Waals surface area contributed by atoms with E-state index in [0.717, 1.165) is 12.3 Å².